The molecular weight excluding hydrogens is 464 g/mol. The van der Waals surface area contributed by atoms with E-state index in [1.165, 1.54) is 0 Å². The SMILES string of the molecule is COc1ccc(NC(=O)CCCCn2cc(CNC(=O)C(CC(=O)NO)CC3CCCC3)nn2)cc1. The van der Waals surface area contributed by atoms with Crippen LogP contribution in [0.15, 0.2) is 30.5 Å². The van der Waals surface area contributed by atoms with Crippen LogP contribution in [0.5, 0.6) is 5.75 Å². The Labute approximate surface area is 210 Å². The van der Waals surface area contributed by atoms with Crippen molar-refractivity contribution >= 4 is 23.4 Å². The van der Waals surface area contributed by atoms with Gasteiger partial charge in [-0.3, -0.25) is 24.3 Å². The molecule has 4 N–H and O–H groups in total. The lowest BCUT2D eigenvalue weighted by Gasteiger charge is -2.19. The zero-order chi connectivity index (χ0) is 25.8. The number of ether oxygens (including phenoxy) is 1. The summed E-state index contributed by atoms with van der Waals surface area (Å²) < 4.78 is 6.80. The van der Waals surface area contributed by atoms with Gasteiger partial charge in [-0.25, -0.2) is 5.48 Å². The molecule has 1 aliphatic carbocycles. The van der Waals surface area contributed by atoms with Crippen molar-refractivity contribution in [3.05, 3.63) is 36.2 Å². The Kier molecular flexibility index (Phi) is 10.7. The minimum Gasteiger partial charge on any atom is -0.497 e. The molecular formula is C25H36N6O5. The predicted molar refractivity (Wildman–Crippen MR) is 132 cm³/mol. The van der Waals surface area contributed by atoms with Crippen LogP contribution >= 0.6 is 0 Å². The molecule has 0 radical (unpaired) electrons. The largest absolute Gasteiger partial charge is 0.497 e. The first-order valence-electron chi connectivity index (χ1n) is 12.5. The Morgan fingerprint density at radius 1 is 1.14 bits per heavy atom. The van der Waals surface area contributed by atoms with Crippen LogP contribution in [0.1, 0.15) is 63.5 Å². The zero-order valence-electron chi connectivity index (χ0n) is 20.7. The predicted octanol–water partition coefficient (Wildman–Crippen LogP) is 2.80. The van der Waals surface area contributed by atoms with Gasteiger partial charge in [0.05, 0.1) is 19.9 Å². The summed E-state index contributed by atoms with van der Waals surface area (Å²) >= 11 is 0. The van der Waals surface area contributed by atoms with E-state index in [1.807, 2.05) is 0 Å². The fourth-order valence-electron chi connectivity index (χ4n) is 4.51. The Morgan fingerprint density at radius 3 is 2.58 bits per heavy atom. The minimum absolute atomic E-state index is 0.0441. The van der Waals surface area contributed by atoms with Gasteiger partial charge < -0.3 is 15.4 Å². The number of rotatable bonds is 14. The van der Waals surface area contributed by atoms with Crippen molar-refractivity contribution in [3.63, 3.8) is 0 Å². The third kappa shape index (κ3) is 8.95. The number of amides is 3. The molecule has 0 aliphatic heterocycles. The van der Waals surface area contributed by atoms with Crippen molar-refractivity contribution in [3.8, 4) is 5.75 Å². The summed E-state index contributed by atoms with van der Waals surface area (Å²) in [7, 11) is 1.59. The molecule has 11 heteroatoms. The highest BCUT2D eigenvalue weighted by atomic mass is 16.5. The molecule has 0 saturated heterocycles. The fourth-order valence-corrected chi connectivity index (χ4v) is 4.51. The number of benzene rings is 1. The summed E-state index contributed by atoms with van der Waals surface area (Å²) in [4.78, 5) is 36.5. The normalized spacial score (nSPS) is 14.3. The highest BCUT2D eigenvalue weighted by molar-refractivity contribution is 5.90. The number of carbonyl (C=O) groups is 3. The first kappa shape index (κ1) is 27.1. The van der Waals surface area contributed by atoms with Crippen LogP contribution in [0.4, 0.5) is 5.69 Å². The van der Waals surface area contributed by atoms with E-state index in [0.717, 1.165) is 43.5 Å². The molecule has 2 aromatic rings. The number of nitrogens with one attached hydrogen (secondary N) is 3. The molecule has 11 nitrogen and oxygen atoms in total. The lowest BCUT2D eigenvalue weighted by Crippen LogP contribution is -2.35. The average molecular weight is 501 g/mol. The fraction of sp³-hybridized carbons (Fsp3) is 0.560. The smallest absolute Gasteiger partial charge is 0.244 e. The number of methoxy groups -OCH3 is 1. The van der Waals surface area contributed by atoms with E-state index in [2.05, 4.69) is 20.9 Å². The lowest BCUT2D eigenvalue weighted by atomic mass is 9.90. The second kappa shape index (κ2) is 14.2. The van der Waals surface area contributed by atoms with Gasteiger partial charge in [0, 0.05) is 31.0 Å². The van der Waals surface area contributed by atoms with Crippen molar-refractivity contribution in [2.24, 2.45) is 11.8 Å². The molecule has 1 unspecified atom stereocenters. The molecule has 3 rings (SSSR count). The zero-order valence-corrected chi connectivity index (χ0v) is 20.7. The third-order valence-corrected chi connectivity index (χ3v) is 6.46. The molecule has 1 aromatic carbocycles. The van der Waals surface area contributed by atoms with Gasteiger partial charge in [-0.1, -0.05) is 30.9 Å². The molecule has 3 amide bonds. The number of unbranched alkanes of at least 4 members (excludes halogenated alkanes) is 1. The summed E-state index contributed by atoms with van der Waals surface area (Å²) in [6.45, 7) is 0.822. The van der Waals surface area contributed by atoms with Gasteiger partial charge in [0.15, 0.2) is 0 Å². The number of carbonyl (C=O) groups excluding carboxylic acids is 3. The summed E-state index contributed by atoms with van der Waals surface area (Å²) in [5.74, 6) is -0.146. The van der Waals surface area contributed by atoms with Crippen LogP contribution in [0, 0.1) is 11.8 Å². The van der Waals surface area contributed by atoms with Crippen LogP contribution in [-0.2, 0) is 27.5 Å². The molecule has 1 aromatic heterocycles. The molecule has 1 fully saturated rings. The van der Waals surface area contributed by atoms with E-state index in [0.29, 0.717) is 37.4 Å². The second-order valence-electron chi connectivity index (χ2n) is 9.25. The quantitative estimate of drug-likeness (QED) is 0.177. The molecule has 0 bridgehead atoms. The Balaban J connectivity index is 1.36. The number of hydroxylamine groups is 1. The highest BCUT2D eigenvalue weighted by Crippen LogP contribution is 2.31. The van der Waals surface area contributed by atoms with Gasteiger partial charge in [-0.15, -0.1) is 5.10 Å². The summed E-state index contributed by atoms with van der Waals surface area (Å²) in [5, 5.41) is 22.8. The van der Waals surface area contributed by atoms with E-state index < -0.39 is 11.8 Å². The van der Waals surface area contributed by atoms with Crippen molar-refractivity contribution in [1.29, 1.82) is 0 Å². The highest BCUT2D eigenvalue weighted by Gasteiger charge is 2.27. The summed E-state index contributed by atoms with van der Waals surface area (Å²) in [6, 6.07) is 7.18. The van der Waals surface area contributed by atoms with Crippen molar-refractivity contribution in [2.75, 3.05) is 12.4 Å². The number of nitrogens with zero attached hydrogens (tertiary/aromatic N) is 3. The lowest BCUT2D eigenvalue weighted by molar-refractivity contribution is -0.135. The number of aromatic nitrogens is 3. The number of hydrogen-bond donors (Lipinski definition) is 4. The molecule has 1 heterocycles. The molecule has 36 heavy (non-hydrogen) atoms. The average Bonchev–Trinajstić information content (AvgIpc) is 3.57. The molecule has 0 spiro atoms. The van der Waals surface area contributed by atoms with E-state index in [-0.39, 0.29) is 24.8 Å². The topological polar surface area (TPSA) is 147 Å². The van der Waals surface area contributed by atoms with Gasteiger partial charge in [-0.05, 0) is 49.4 Å². The first-order chi connectivity index (χ1) is 17.5. The summed E-state index contributed by atoms with van der Waals surface area (Å²) in [5.41, 5.74) is 2.97. The van der Waals surface area contributed by atoms with Crippen molar-refractivity contribution in [2.45, 2.75) is 70.9 Å². The maximum Gasteiger partial charge on any atom is 0.244 e. The van der Waals surface area contributed by atoms with Crippen LogP contribution in [0.25, 0.3) is 0 Å². The van der Waals surface area contributed by atoms with Gasteiger partial charge in [0.1, 0.15) is 11.4 Å². The van der Waals surface area contributed by atoms with Gasteiger partial charge in [0.2, 0.25) is 17.7 Å². The Bertz CT molecular complexity index is 987. The number of aryl methyl sites for hydroxylation is 1. The molecule has 1 aliphatic rings. The number of hydrogen-bond acceptors (Lipinski definition) is 7. The van der Waals surface area contributed by atoms with E-state index in [4.69, 9.17) is 9.94 Å². The van der Waals surface area contributed by atoms with Gasteiger partial charge >= 0.3 is 0 Å². The van der Waals surface area contributed by atoms with E-state index in [1.54, 1.807) is 47.7 Å². The van der Waals surface area contributed by atoms with Crippen molar-refractivity contribution < 1.29 is 24.3 Å². The van der Waals surface area contributed by atoms with Gasteiger partial charge in [0.25, 0.3) is 0 Å². The van der Waals surface area contributed by atoms with Crippen LogP contribution in [-0.4, -0.2) is 45.0 Å². The van der Waals surface area contributed by atoms with Crippen molar-refractivity contribution in [1.82, 2.24) is 25.8 Å². The van der Waals surface area contributed by atoms with E-state index in [9.17, 15) is 14.4 Å². The standard InChI is InChI=1S/C25H36N6O5/c1-36-22-11-9-20(10-12-22)27-23(32)8-4-5-13-31-17-21(28-30-31)16-26-25(34)19(15-24(33)29-35)14-18-6-2-3-7-18/h9-12,17-19,35H,2-8,13-16H2,1H3,(H,26,34)(H,27,32)(H,29,33). The van der Waals surface area contributed by atoms with Gasteiger partial charge in [-0.2, -0.15) is 0 Å². The van der Waals surface area contributed by atoms with Crippen LogP contribution in [0.3, 0.4) is 0 Å². The van der Waals surface area contributed by atoms with Crippen LogP contribution < -0.4 is 20.9 Å². The maximum absolute atomic E-state index is 12.7. The third-order valence-electron chi connectivity index (χ3n) is 6.46. The monoisotopic (exact) mass is 500 g/mol. The molecule has 1 atom stereocenters. The summed E-state index contributed by atoms with van der Waals surface area (Å²) in [6.07, 6.45) is 8.66. The first-order valence-corrected chi connectivity index (χ1v) is 12.5. The minimum atomic E-state index is -0.559. The Morgan fingerprint density at radius 2 is 1.89 bits per heavy atom. The maximum atomic E-state index is 12.7. The second-order valence-corrected chi connectivity index (χ2v) is 9.25. The molecule has 196 valence electrons. The van der Waals surface area contributed by atoms with Crippen LogP contribution in [0.2, 0.25) is 0 Å². The van der Waals surface area contributed by atoms with E-state index >= 15 is 0 Å². The Hall–Kier alpha value is -3.47. The number of anilines is 1. The molecule has 1 saturated carbocycles.